The molecule has 0 spiro atoms. The molecule has 0 aromatic carbocycles. The molecule has 58 valence electrons. The molecule has 2 N–H and O–H groups in total. The van der Waals surface area contributed by atoms with Crippen LogP contribution >= 0.6 is 11.9 Å². The maximum atomic E-state index is 5.69. The normalized spacial score (nSPS) is 30.9. The molecule has 1 aliphatic heterocycles. The second-order valence-electron chi connectivity index (χ2n) is 3.22. The van der Waals surface area contributed by atoms with E-state index in [4.69, 9.17) is 5.73 Å². The lowest BCUT2D eigenvalue weighted by Crippen LogP contribution is -2.36. The minimum Gasteiger partial charge on any atom is -0.329 e. The first-order valence-electron chi connectivity index (χ1n) is 3.98. The van der Waals surface area contributed by atoms with Gasteiger partial charge in [0.2, 0.25) is 0 Å². The topological polar surface area (TPSA) is 29.3 Å². The molecule has 3 heteroatoms. The second kappa shape index (κ2) is 2.40. The van der Waals surface area contributed by atoms with Crippen LogP contribution < -0.4 is 5.73 Å². The fourth-order valence-electron chi connectivity index (χ4n) is 1.52. The van der Waals surface area contributed by atoms with E-state index in [1.807, 2.05) is 11.9 Å². The van der Waals surface area contributed by atoms with E-state index >= 15 is 0 Å². The van der Waals surface area contributed by atoms with Crippen molar-refractivity contribution in [1.82, 2.24) is 4.31 Å². The van der Waals surface area contributed by atoms with Crippen LogP contribution in [0.25, 0.3) is 0 Å². The van der Waals surface area contributed by atoms with Crippen LogP contribution in [0.4, 0.5) is 0 Å². The zero-order valence-electron chi connectivity index (χ0n) is 6.18. The van der Waals surface area contributed by atoms with Gasteiger partial charge < -0.3 is 5.73 Å². The van der Waals surface area contributed by atoms with Crippen molar-refractivity contribution >= 4 is 11.9 Å². The molecule has 1 saturated heterocycles. The highest BCUT2D eigenvalue weighted by Crippen LogP contribution is 2.46. The molecule has 0 radical (unpaired) electrons. The van der Waals surface area contributed by atoms with Crippen LogP contribution in [0.5, 0.6) is 0 Å². The Morgan fingerprint density at radius 3 is 2.70 bits per heavy atom. The van der Waals surface area contributed by atoms with Gasteiger partial charge in [0, 0.05) is 24.4 Å². The van der Waals surface area contributed by atoms with E-state index in [1.165, 1.54) is 31.6 Å². The molecule has 0 amide bonds. The quantitative estimate of drug-likeness (QED) is 0.604. The molecular formula is C7H14N2S. The number of nitrogens with zero attached hydrogens (tertiary/aromatic N) is 1. The van der Waals surface area contributed by atoms with E-state index in [9.17, 15) is 0 Å². The summed E-state index contributed by atoms with van der Waals surface area (Å²) in [6.45, 7) is 2.13. The van der Waals surface area contributed by atoms with Gasteiger partial charge in [0.15, 0.2) is 0 Å². The average molecular weight is 158 g/mol. The van der Waals surface area contributed by atoms with Crippen molar-refractivity contribution in [3.63, 3.8) is 0 Å². The number of hydrogen-bond donors (Lipinski definition) is 1. The van der Waals surface area contributed by atoms with Crippen LogP contribution in [0, 0.1) is 0 Å². The lowest BCUT2D eigenvalue weighted by atomic mass is 10.2. The van der Waals surface area contributed by atoms with Gasteiger partial charge in [-0.25, -0.2) is 4.31 Å². The van der Waals surface area contributed by atoms with Crippen LogP contribution in [-0.2, 0) is 0 Å². The van der Waals surface area contributed by atoms with E-state index in [1.54, 1.807) is 0 Å². The number of rotatable bonds is 2. The van der Waals surface area contributed by atoms with Crippen molar-refractivity contribution < 1.29 is 0 Å². The van der Waals surface area contributed by atoms with Crippen LogP contribution in [0.2, 0.25) is 0 Å². The van der Waals surface area contributed by atoms with Crippen LogP contribution in [0.15, 0.2) is 0 Å². The molecule has 0 bridgehead atoms. The summed E-state index contributed by atoms with van der Waals surface area (Å²) in [6, 6.07) is 0. The molecule has 0 atom stereocenters. The molecule has 0 aromatic heterocycles. The highest BCUT2D eigenvalue weighted by Gasteiger charge is 2.47. The summed E-state index contributed by atoms with van der Waals surface area (Å²) in [7, 11) is 0. The SMILES string of the molecule is NCC1(N2CCCS2)CC1. The Kier molecular flexibility index (Phi) is 1.66. The van der Waals surface area contributed by atoms with Gasteiger partial charge in [-0.05, 0) is 19.3 Å². The summed E-state index contributed by atoms with van der Waals surface area (Å²) >= 11 is 1.99. The lowest BCUT2D eigenvalue weighted by molar-refractivity contribution is 0.353. The molecule has 1 saturated carbocycles. The molecule has 0 aromatic rings. The van der Waals surface area contributed by atoms with E-state index in [-0.39, 0.29) is 0 Å². The Morgan fingerprint density at radius 1 is 1.50 bits per heavy atom. The Bertz CT molecular complexity index is 128. The summed E-state index contributed by atoms with van der Waals surface area (Å²) in [4.78, 5) is 0. The molecule has 2 fully saturated rings. The van der Waals surface area contributed by atoms with E-state index in [0.717, 1.165) is 6.54 Å². The first-order valence-corrected chi connectivity index (χ1v) is 4.92. The Balaban J connectivity index is 1.96. The van der Waals surface area contributed by atoms with E-state index < -0.39 is 0 Å². The van der Waals surface area contributed by atoms with Gasteiger partial charge in [-0.1, -0.05) is 11.9 Å². The Morgan fingerprint density at radius 2 is 2.30 bits per heavy atom. The third kappa shape index (κ3) is 0.966. The van der Waals surface area contributed by atoms with E-state index in [2.05, 4.69) is 4.31 Å². The maximum absolute atomic E-state index is 5.69. The number of nitrogens with two attached hydrogens (primary N) is 1. The average Bonchev–Trinajstić information content (AvgIpc) is 2.58. The first-order chi connectivity index (χ1) is 4.87. The van der Waals surface area contributed by atoms with Crippen LogP contribution in [0.1, 0.15) is 19.3 Å². The number of hydrogen-bond acceptors (Lipinski definition) is 3. The summed E-state index contributed by atoms with van der Waals surface area (Å²) in [5.41, 5.74) is 6.14. The Labute approximate surface area is 66.3 Å². The summed E-state index contributed by atoms with van der Waals surface area (Å²) < 4.78 is 2.51. The van der Waals surface area contributed by atoms with Crippen molar-refractivity contribution in [2.45, 2.75) is 24.8 Å². The smallest absolute Gasteiger partial charge is 0.0436 e. The van der Waals surface area contributed by atoms with Gasteiger partial charge >= 0.3 is 0 Å². The van der Waals surface area contributed by atoms with E-state index in [0.29, 0.717) is 5.54 Å². The molecule has 1 heterocycles. The molecular weight excluding hydrogens is 144 g/mol. The summed E-state index contributed by atoms with van der Waals surface area (Å²) in [6.07, 6.45) is 4.01. The third-order valence-electron chi connectivity index (χ3n) is 2.49. The van der Waals surface area contributed by atoms with Crippen molar-refractivity contribution in [2.24, 2.45) is 5.73 Å². The standard InChI is InChI=1S/C7H14N2S/c8-6-7(2-3-7)9-4-1-5-10-9/h1-6,8H2. The van der Waals surface area contributed by atoms with Gasteiger partial charge in [0.25, 0.3) is 0 Å². The van der Waals surface area contributed by atoms with Gasteiger partial charge in [-0.2, -0.15) is 0 Å². The van der Waals surface area contributed by atoms with Crippen molar-refractivity contribution in [3.8, 4) is 0 Å². The van der Waals surface area contributed by atoms with Crippen molar-refractivity contribution in [3.05, 3.63) is 0 Å². The van der Waals surface area contributed by atoms with Crippen molar-refractivity contribution in [1.29, 1.82) is 0 Å². The highest BCUT2D eigenvalue weighted by atomic mass is 32.2. The Hall–Kier alpha value is 0.270. The molecule has 0 unspecified atom stereocenters. The minimum absolute atomic E-state index is 0.446. The molecule has 2 nitrogen and oxygen atoms in total. The zero-order chi connectivity index (χ0) is 7.03. The molecule has 2 rings (SSSR count). The monoisotopic (exact) mass is 158 g/mol. The molecule has 2 aliphatic rings. The van der Waals surface area contributed by atoms with Gasteiger partial charge in [0.05, 0.1) is 0 Å². The predicted molar refractivity (Wildman–Crippen MR) is 44.8 cm³/mol. The van der Waals surface area contributed by atoms with Crippen LogP contribution in [0.3, 0.4) is 0 Å². The fraction of sp³-hybridized carbons (Fsp3) is 1.00. The second-order valence-corrected chi connectivity index (χ2v) is 4.32. The molecule has 10 heavy (non-hydrogen) atoms. The van der Waals surface area contributed by atoms with Crippen molar-refractivity contribution in [2.75, 3.05) is 18.8 Å². The summed E-state index contributed by atoms with van der Waals surface area (Å²) in [5, 5.41) is 0. The van der Waals surface area contributed by atoms with Gasteiger partial charge in [-0.3, -0.25) is 0 Å². The highest BCUT2D eigenvalue weighted by molar-refractivity contribution is 7.97. The largest absolute Gasteiger partial charge is 0.329 e. The third-order valence-corrected chi connectivity index (χ3v) is 3.84. The lowest BCUT2D eigenvalue weighted by Gasteiger charge is -2.23. The molecule has 1 aliphatic carbocycles. The van der Waals surface area contributed by atoms with Gasteiger partial charge in [0.1, 0.15) is 0 Å². The maximum Gasteiger partial charge on any atom is 0.0436 e. The minimum atomic E-state index is 0.446. The zero-order valence-corrected chi connectivity index (χ0v) is 6.99. The first kappa shape index (κ1) is 6.95. The fourth-order valence-corrected chi connectivity index (χ4v) is 2.79. The van der Waals surface area contributed by atoms with Crippen LogP contribution in [-0.4, -0.2) is 28.7 Å². The summed E-state index contributed by atoms with van der Waals surface area (Å²) in [5.74, 6) is 1.31. The van der Waals surface area contributed by atoms with Gasteiger partial charge in [-0.15, -0.1) is 0 Å². The predicted octanol–water partition coefficient (Wildman–Crippen LogP) is 0.832.